The van der Waals surface area contributed by atoms with Crippen LogP contribution >= 0.6 is 0 Å². The summed E-state index contributed by atoms with van der Waals surface area (Å²) < 4.78 is 18.9. The highest BCUT2D eigenvalue weighted by Gasteiger charge is 2.09. The first kappa shape index (κ1) is 11.6. The van der Waals surface area contributed by atoms with Crippen LogP contribution in [-0.2, 0) is 0 Å². The average Bonchev–Trinajstić information content (AvgIpc) is 2.46. The largest absolute Gasteiger partial charge is 0.497 e. The van der Waals surface area contributed by atoms with Crippen molar-refractivity contribution < 1.29 is 9.13 Å². The van der Waals surface area contributed by atoms with Crippen LogP contribution in [-0.4, -0.2) is 17.1 Å². The van der Waals surface area contributed by atoms with E-state index in [9.17, 15) is 4.39 Å². The quantitative estimate of drug-likeness (QED) is 0.702. The van der Waals surface area contributed by atoms with E-state index in [-0.39, 0.29) is 0 Å². The van der Waals surface area contributed by atoms with Crippen LogP contribution in [0.2, 0.25) is 0 Å². The van der Waals surface area contributed by atoms with Gasteiger partial charge in [0.05, 0.1) is 18.2 Å². The van der Waals surface area contributed by atoms with Crippen molar-refractivity contribution in [3.05, 3.63) is 54.5 Å². The lowest BCUT2D eigenvalue weighted by molar-refractivity contribution is 0.411. The predicted molar refractivity (Wildman–Crippen MR) is 71.5 cm³/mol. The van der Waals surface area contributed by atoms with Gasteiger partial charge in [0.1, 0.15) is 11.6 Å². The molecule has 0 aliphatic heterocycles. The molecule has 2 aromatic carbocycles. The summed E-state index contributed by atoms with van der Waals surface area (Å²) in [7, 11) is 1.50. The van der Waals surface area contributed by atoms with E-state index in [1.807, 2.05) is 24.3 Å². The second-order valence-electron chi connectivity index (χ2n) is 4.10. The Morgan fingerprint density at radius 1 is 1.11 bits per heavy atom. The van der Waals surface area contributed by atoms with Crippen LogP contribution in [0, 0.1) is 5.82 Å². The van der Waals surface area contributed by atoms with Crippen molar-refractivity contribution in [2.75, 3.05) is 7.11 Å². The SMILES string of the molecule is COc1ccc(-c2ncc3ccccc3n2)c(F)c1. The molecule has 3 aromatic rings. The maximum absolute atomic E-state index is 14.0. The normalized spacial score (nSPS) is 10.6. The number of aromatic nitrogens is 2. The zero-order valence-corrected chi connectivity index (χ0v) is 10.3. The first-order chi connectivity index (χ1) is 9.28. The van der Waals surface area contributed by atoms with Crippen molar-refractivity contribution in [2.45, 2.75) is 0 Å². The molecule has 0 atom stereocenters. The third kappa shape index (κ3) is 2.12. The van der Waals surface area contributed by atoms with Gasteiger partial charge in [-0.2, -0.15) is 0 Å². The molecular formula is C15H11FN2O. The molecule has 94 valence electrons. The smallest absolute Gasteiger partial charge is 0.162 e. The van der Waals surface area contributed by atoms with Crippen molar-refractivity contribution in [3.8, 4) is 17.1 Å². The molecule has 0 spiro atoms. The van der Waals surface area contributed by atoms with E-state index in [0.717, 1.165) is 10.9 Å². The molecule has 0 fully saturated rings. The summed E-state index contributed by atoms with van der Waals surface area (Å²) in [6.07, 6.45) is 1.70. The van der Waals surface area contributed by atoms with Gasteiger partial charge in [0, 0.05) is 17.6 Å². The van der Waals surface area contributed by atoms with Gasteiger partial charge in [0.15, 0.2) is 5.82 Å². The Labute approximate surface area is 109 Å². The molecular weight excluding hydrogens is 243 g/mol. The molecule has 3 nitrogen and oxygen atoms in total. The van der Waals surface area contributed by atoms with E-state index >= 15 is 0 Å². The number of hydrogen-bond donors (Lipinski definition) is 0. The van der Waals surface area contributed by atoms with Crippen molar-refractivity contribution in [1.29, 1.82) is 0 Å². The second-order valence-corrected chi connectivity index (χ2v) is 4.10. The second kappa shape index (κ2) is 4.65. The highest BCUT2D eigenvalue weighted by Crippen LogP contribution is 2.24. The molecule has 0 aliphatic rings. The molecule has 1 aromatic heterocycles. The van der Waals surface area contributed by atoms with E-state index in [4.69, 9.17) is 4.74 Å². The molecule has 0 saturated carbocycles. The Kier molecular flexibility index (Phi) is 2.83. The Balaban J connectivity index is 2.13. The number of rotatable bonds is 2. The maximum Gasteiger partial charge on any atom is 0.162 e. The monoisotopic (exact) mass is 254 g/mol. The number of para-hydroxylation sites is 1. The molecule has 0 N–H and O–H groups in total. The van der Waals surface area contributed by atoms with Crippen LogP contribution in [0.4, 0.5) is 4.39 Å². The zero-order valence-electron chi connectivity index (χ0n) is 10.3. The molecule has 0 radical (unpaired) electrons. The summed E-state index contributed by atoms with van der Waals surface area (Å²) >= 11 is 0. The Morgan fingerprint density at radius 3 is 2.74 bits per heavy atom. The lowest BCUT2D eigenvalue weighted by atomic mass is 10.1. The summed E-state index contributed by atoms with van der Waals surface area (Å²) in [5.74, 6) is 0.454. The number of hydrogen-bond acceptors (Lipinski definition) is 3. The molecule has 3 rings (SSSR count). The van der Waals surface area contributed by atoms with E-state index in [1.165, 1.54) is 13.2 Å². The third-order valence-electron chi connectivity index (χ3n) is 2.91. The summed E-state index contributed by atoms with van der Waals surface area (Å²) in [6.45, 7) is 0. The van der Waals surface area contributed by atoms with Gasteiger partial charge in [-0.1, -0.05) is 18.2 Å². The highest BCUT2D eigenvalue weighted by molar-refractivity contribution is 5.79. The van der Waals surface area contributed by atoms with E-state index in [1.54, 1.807) is 18.3 Å². The number of ether oxygens (including phenoxy) is 1. The Morgan fingerprint density at radius 2 is 1.95 bits per heavy atom. The van der Waals surface area contributed by atoms with Gasteiger partial charge in [-0.15, -0.1) is 0 Å². The standard InChI is InChI=1S/C15H11FN2O/c1-19-11-6-7-12(13(16)8-11)15-17-9-10-4-2-3-5-14(10)18-15/h2-9H,1H3. The van der Waals surface area contributed by atoms with Crippen LogP contribution in [0.1, 0.15) is 0 Å². The van der Waals surface area contributed by atoms with Crippen molar-refractivity contribution in [2.24, 2.45) is 0 Å². The first-order valence-corrected chi connectivity index (χ1v) is 5.83. The fourth-order valence-electron chi connectivity index (χ4n) is 1.91. The summed E-state index contributed by atoms with van der Waals surface area (Å²) in [4.78, 5) is 8.57. The molecule has 4 heteroatoms. The molecule has 0 aliphatic carbocycles. The highest BCUT2D eigenvalue weighted by atomic mass is 19.1. The average molecular weight is 254 g/mol. The lowest BCUT2D eigenvalue weighted by Gasteiger charge is -2.05. The van der Waals surface area contributed by atoms with Crippen LogP contribution in [0.5, 0.6) is 5.75 Å². The van der Waals surface area contributed by atoms with Crippen LogP contribution < -0.4 is 4.74 Å². The van der Waals surface area contributed by atoms with Crippen molar-refractivity contribution in [3.63, 3.8) is 0 Å². The minimum Gasteiger partial charge on any atom is -0.497 e. The molecule has 0 unspecified atom stereocenters. The van der Waals surface area contributed by atoms with Crippen molar-refractivity contribution >= 4 is 10.9 Å². The number of methoxy groups -OCH3 is 1. The topological polar surface area (TPSA) is 35.0 Å². The van der Waals surface area contributed by atoms with Crippen LogP contribution in [0.15, 0.2) is 48.7 Å². The molecule has 1 heterocycles. The van der Waals surface area contributed by atoms with E-state index in [0.29, 0.717) is 17.1 Å². The summed E-state index contributed by atoms with van der Waals surface area (Å²) in [6, 6.07) is 12.2. The van der Waals surface area contributed by atoms with Gasteiger partial charge in [0.25, 0.3) is 0 Å². The minimum absolute atomic E-state index is 0.367. The van der Waals surface area contributed by atoms with E-state index < -0.39 is 5.82 Å². The van der Waals surface area contributed by atoms with Gasteiger partial charge in [-0.3, -0.25) is 0 Å². The predicted octanol–water partition coefficient (Wildman–Crippen LogP) is 3.44. The zero-order chi connectivity index (χ0) is 13.2. The fraction of sp³-hybridized carbons (Fsp3) is 0.0667. The number of fused-ring (bicyclic) bond motifs is 1. The maximum atomic E-state index is 14.0. The Hall–Kier alpha value is -2.49. The third-order valence-corrected chi connectivity index (χ3v) is 2.91. The fourth-order valence-corrected chi connectivity index (χ4v) is 1.91. The summed E-state index contributed by atoms with van der Waals surface area (Å²) in [5, 5.41) is 0.931. The van der Waals surface area contributed by atoms with Gasteiger partial charge >= 0.3 is 0 Å². The van der Waals surface area contributed by atoms with Crippen LogP contribution in [0.3, 0.4) is 0 Å². The molecule has 0 bridgehead atoms. The van der Waals surface area contributed by atoms with Gasteiger partial charge in [-0.05, 0) is 18.2 Å². The lowest BCUT2D eigenvalue weighted by Crippen LogP contribution is -1.93. The van der Waals surface area contributed by atoms with Crippen molar-refractivity contribution in [1.82, 2.24) is 9.97 Å². The number of nitrogens with zero attached hydrogens (tertiary/aromatic N) is 2. The van der Waals surface area contributed by atoms with E-state index in [2.05, 4.69) is 9.97 Å². The van der Waals surface area contributed by atoms with Crippen LogP contribution in [0.25, 0.3) is 22.3 Å². The Bertz CT molecular complexity index is 743. The minimum atomic E-state index is -0.394. The molecule has 0 amide bonds. The molecule has 19 heavy (non-hydrogen) atoms. The number of benzene rings is 2. The first-order valence-electron chi connectivity index (χ1n) is 5.83. The van der Waals surface area contributed by atoms with Gasteiger partial charge in [-0.25, -0.2) is 14.4 Å². The summed E-state index contributed by atoms with van der Waals surface area (Å²) in [5.41, 5.74) is 1.16. The van der Waals surface area contributed by atoms with Gasteiger partial charge < -0.3 is 4.74 Å². The molecule has 0 saturated heterocycles. The van der Waals surface area contributed by atoms with Gasteiger partial charge in [0.2, 0.25) is 0 Å². The number of halogens is 1.